The van der Waals surface area contributed by atoms with E-state index in [0.29, 0.717) is 45.3 Å². The molecule has 0 aliphatic heterocycles. The molecule has 280 valence electrons. The first-order valence-electron chi connectivity index (χ1n) is 18.1. The zero-order chi connectivity index (χ0) is 37.6. The molecule has 2 aliphatic rings. The van der Waals surface area contributed by atoms with Crippen molar-refractivity contribution in [1.82, 2.24) is 50.1 Å². The predicted molar refractivity (Wildman–Crippen MR) is 205 cm³/mol. The second kappa shape index (κ2) is 16.1. The lowest BCUT2D eigenvalue weighted by atomic mass is 10.1. The SMILES string of the molecule is COc1c(-c2cnn(C)c2)cnc2ccc(NC(=O)NC3CCCC3)nc12.COc1nc2ccc(NC(=O)NC3CCCC3)nc2cc1-c1cnn(C)c1. The number of nitrogens with one attached hydrogen (secondary N) is 4. The summed E-state index contributed by atoms with van der Waals surface area (Å²) in [7, 11) is 6.90. The number of carbonyl (C=O) groups excluding carboxylic acids is 2. The first-order chi connectivity index (χ1) is 26.3. The molecule has 6 aromatic rings. The van der Waals surface area contributed by atoms with E-state index < -0.39 is 0 Å². The average Bonchev–Trinajstić information content (AvgIpc) is 4.01. The molecule has 0 spiro atoms. The van der Waals surface area contributed by atoms with E-state index in [1.165, 1.54) is 25.7 Å². The van der Waals surface area contributed by atoms with Crippen LogP contribution < -0.4 is 30.7 Å². The lowest BCUT2D eigenvalue weighted by Crippen LogP contribution is -2.36. The van der Waals surface area contributed by atoms with E-state index in [1.54, 1.807) is 54.3 Å². The Bertz CT molecular complexity index is 2230. The number of carbonyl (C=O) groups is 2. The maximum Gasteiger partial charge on any atom is 0.320 e. The number of ether oxygens (including phenoxy) is 2. The summed E-state index contributed by atoms with van der Waals surface area (Å²) in [4.78, 5) is 42.5. The normalized spacial score (nSPS) is 14.4. The van der Waals surface area contributed by atoms with Crippen LogP contribution in [0.2, 0.25) is 0 Å². The molecule has 2 aliphatic carbocycles. The van der Waals surface area contributed by atoms with Crippen molar-refractivity contribution in [1.29, 1.82) is 0 Å². The molecule has 0 unspecified atom stereocenters. The number of pyridine rings is 4. The van der Waals surface area contributed by atoms with Crippen molar-refractivity contribution < 1.29 is 19.1 Å². The van der Waals surface area contributed by atoms with Gasteiger partial charge in [-0.1, -0.05) is 25.7 Å². The van der Waals surface area contributed by atoms with E-state index in [4.69, 9.17) is 9.47 Å². The molecule has 0 bridgehead atoms. The summed E-state index contributed by atoms with van der Waals surface area (Å²) in [5.41, 5.74) is 6.05. The number of urea groups is 2. The van der Waals surface area contributed by atoms with Crippen molar-refractivity contribution in [3.05, 3.63) is 61.3 Å². The number of rotatable bonds is 8. The van der Waals surface area contributed by atoms with Crippen LogP contribution >= 0.6 is 0 Å². The number of nitrogens with zero attached hydrogens (tertiary/aromatic N) is 8. The Morgan fingerprint density at radius 1 is 0.667 bits per heavy atom. The predicted octanol–water partition coefficient (Wildman–Crippen LogP) is 6.21. The third-order valence-electron chi connectivity index (χ3n) is 9.60. The van der Waals surface area contributed by atoms with E-state index in [-0.39, 0.29) is 24.1 Å². The number of aryl methyl sites for hydroxylation is 2. The lowest BCUT2D eigenvalue weighted by Gasteiger charge is -2.14. The van der Waals surface area contributed by atoms with Gasteiger partial charge in [0.1, 0.15) is 17.2 Å². The van der Waals surface area contributed by atoms with E-state index in [1.807, 2.05) is 44.7 Å². The van der Waals surface area contributed by atoms with Gasteiger partial charge < -0.3 is 20.1 Å². The van der Waals surface area contributed by atoms with Crippen molar-refractivity contribution >= 4 is 45.8 Å². The molecular formula is C38H44N12O4. The maximum atomic E-state index is 12.2. The second-order valence-electron chi connectivity index (χ2n) is 13.5. The monoisotopic (exact) mass is 732 g/mol. The fourth-order valence-electron chi connectivity index (χ4n) is 6.93. The number of amides is 4. The Kier molecular flexibility index (Phi) is 10.8. The van der Waals surface area contributed by atoms with Gasteiger partial charge in [0.05, 0.1) is 43.2 Å². The minimum Gasteiger partial charge on any atom is -0.494 e. The Morgan fingerprint density at radius 3 is 1.76 bits per heavy atom. The van der Waals surface area contributed by atoms with Crippen LogP contribution in [0.15, 0.2) is 61.3 Å². The van der Waals surface area contributed by atoms with Crippen molar-refractivity contribution in [3.63, 3.8) is 0 Å². The molecule has 0 radical (unpaired) electrons. The Morgan fingerprint density at radius 2 is 1.22 bits per heavy atom. The lowest BCUT2D eigenvalue weighted by molar-refractivity contribution is 0.247. The summed E-state index contributed by atoms with van der Waals surface area (Å²) in [6, 6.07) is 9.09. The van der Waals surface area contributed by atoms with Crippen molar-refractivity contribution in [2.45, 2.75) is 63.5 Å². The molecule has 8 rings (SSSR count). The second-order valence-corrected chi connectivity index (χ2v) is 13.5. The van der Waals surface area contributed by atoms with Crippen LogP contribution in [-0.4, -0.2) is 77.9 Å². The standard InChI is InChI=1S/2C19H22N6O2/c1-25-11-12(10-20-25)14-9-16-15(23-18(14)27-2)7-8-17(22-16)24-19(26)21-13-5-3-4-6-13;1-25-11-12(9-21-25)14-10-20-15-7-8-16(23-17(15)18(14)27-2)24-19(26)22-13-5-3-4-6-13/h7-11,13H,3-6H2,1-2H3,(H2,21,22,24,26);7-11,13H,3-6H2,1-2H3,(H2,22,23,24,26). The molecule has 0 atom stereocenters. The van der Waals surface area contributed by atoms with E-state index in [0.717, 1.165) is 47.9 Å². The molecule has 2 fully saturated rings. The van der Waals surface area contributed by atoms with E-state index in [2.05, 4.69) is 51.4 Å². The topological polar surface area (TPSA) is 188 Å². The van der Waals surface area contributed by atoms with Crippen LogP contribution in [-0.2, 0) is 14.1 Å². The van der Waals surface area contributed by atoms with E-state index in [9.17, 15) is 9.59 Å². The van der Waals surface area contributed by atoms with Gasteiger partial charge in [-0.25, -0.2) is 24.5 Å². The molecule has 54 heavy (non-hydrogen) atoms. The number of methoxy groups -OCH3 is 2. The molecule has 0 saturated heterocycles. The van der Waals surface area contributed by atoms with Crippen LogP contribution in [0, 0.1) is 0 Å². The zero-order valence-electron chi connectivity index (χ0n) is 30.8. The molecule has 0 aromatic carbocycles. The summed E-state index contributed by atoms with van der Waals surface area (Å²) >= 11 is 0. The molecule has 2 saturated carbocycles. The highest BCUT2D eigenvalue weighted by Gasteiger charge is 2.20. The highest BCUT2D eigenvalue weighted by atomic mass is 16.5. The minimum absolute atomic E-state index is 0.220. The van der Waals surface area contributed by atoms with Crippen molar-refractivity contribution in [3.8, 4) is 33.9 Å². The third-order valence-corrected chi connectivity index (χ3v) is 9.60. The smallest absolute Gasteiger partial charge is 0.320 e. The molecule has 6 aromatic heterocycles. The van der Waals surface area contributed by atoms with Gasteiger partial charge in [-0.2, -0.15) is 10.2 Å². The van der Waals surface area contributed by atoms with E-state index >= 15 is 0 Å². The fourth-order valence-corrected chi connectivity index (χ4v) is 6.93. The molecule has 6 heterocycles. The number of fused-ring (bicyclic) bond motifs is 2. The van der Waals surface area contributed by atoms with Gasteiger partial charge in [-0.05, 0) is 56.0 Å². The van der Waals surface area contributed by atoms with Crippen molar-refractivity contribution in [2.24, 2.45) is 14.1 Å². The highest BCUT2D eigenvalue weighted by Crippen LogP contribution is 2.35. The van der Waals surface area contributed by atoms with Gasteiger partial charge in [0.15, 0.2) is 5.75 Å². The van der Waals surface area contributed by atoms with Gasteiger partial charge in [0.2, 0.25) is 5.88 Å². The molecule has 16 nitrogen and oxygen atoms in total. The van der Waals surface area contributed by atoms with Gasteiger partial charge in [-0.15, -0.1) is 0 Å². The van der Waals surface area contributed by atoms with Crippen molar-refractivity contribution in [2.75, 3.05) is 24.9 Å². The Balaban J connectivity index is 0.000000167. The maximum absolute atomic E-state index is 12.2. The quantitative estimate of drug-likeness (QED) is 0.140. The van der Waals surface area contributed by atoms with Crippen LogP contribution in [0.1, 0.15) is 51.4 Å². The molecule has 4 N–H and O–H groups in total. The zero-order valence-corrected chi connectivity index (χ0v) is 30.8. The fraction of sp³-hybridized carbons (Fsp3) is 0.368. The Hall–Kier alpha value is -6.32. The number of hydrogen-bond acceptors (Lipinski definition) is 10. The van der Waals surface area contributed by atoms with Crippen LogP contribution in [0.4, 0.5) is 21.2 Å². The van der Waals surface area contributed by atoms with Gasteiger partial charge in [0.25, 0.3) is 0 Å². The van der Waals surface area contributed by atoms with Crippen LogP contribution in [0.3, 0.4) is 0 Å². The van der Waals surface area contributed by atoms with Gasteiger partial charge >= 0.3 is 12.1 Å². The number of hydrogen-bond donors (Lipinski definition) is 4. The summed E-state index contributed by atoms with van der Waals surface area (Å²) < 4.78 is 14.5. The average molecular weight is 733 g/mol. The van der Waals surface area contributed by atoms with Gasteiger partial charge in [-0.3, -0.25) is 25.0 Å². The largest absolute Gasteiger partial charge is 0.494 e. The first-order valence-corrected chi connectivity index (χ1v) is 18.1. The third kappa shape index (κ3) is 8.32. The summed E-state index contributed by atoms with van der Waals surface area (Å²) in [6.07, 6.45) is 17.9. The summed E-state index contributed by atoms with van der Waals surface area (Å²) in [5.74, 6) is 2.06. The van der Waals surface area contributed by atoms with Crippen LogP contribution in [0.25, 0.3) is 44.3 Å². The molecule has 16 heteroatoms. The Labute approximate surface area is 312 Å². The number of aromatic nitrogens is 8. The van der Waals surface area contributed by atoms with Gasteiger partial charge in [0, 0.05) is 67.0 Å². The minimum atomic E-state index is -0.232. The molecule has 4 amide bonds. The van der Waals surface area contributed by atoms with Crippen LogP contribution in [0.5, 0.6) is 11.6 Å². The highest BCUT2D eigenvalue weighted by molar-refractivity contribution is 5.93. The summed E-state index contributed by atoms with van der Waals surface area (Å²) in [5, 5.41) is 20.0. The first kappa shape index (κ1) is 36.1. The summed E-state index contributed by atoms with van der Waals surface area (Å²) in [6.45, 7) is 0. The molecular weight excluding hydrogens is 688 g/mol. The number of anilines is 2.